The third-order valence-electron chi connectivity index (χ3n) is 4.34. The molecule has 12 nitrogen and oxygen atoms in total. The zero-order valence-corrected chi connectivity index (χ0v) is 19.0. The van der Waals surface area contributed by atoms with E-state index in [9.17, 15) is 29.8 Å². The molecule has 0 amide bonds. The van der Waals surface area contributed by atoms with Crippen LogP contribution in [-0.4, -0.2) is 46.7 Å². The molecule has 0 spiro atoms. The Balaban J connectivity index is 1.87. The molecule has 3 aromatic rings. The summed E-state index contributed by atoms with van der Waals surface area (Å²) in [4.78, 5) is -0.502. The molecular weight excluding hydrogens is 498 g/mol. The highest BCUT2D eigenvalue weighted by molar-refractivity contribution is 7.91. The Morgan fingerprint density at radius 1 is 0.848 bits per heavy atom. The summed E-state index contributed by atoms with van der Waals surface area (Å²) in [5.74, 6) is -0.679. The summed E-state index contributed by atoms with van der Waals surface area (Å²) in [5.41, 5.74) is 6.52. The normalized spacial score (nSPS) is 13.0. The molecule has 0 bridgehead atoms. The van der Waals surface area contributed by atoms with Crippen molar-refractivity contribution in [1.82, 2.24) is 0 Å². The molecular formula is C18H17N3O9S3. The van der Waals surface area contributed by atoms with E-state index in [1.165, 1.54) is 48.5 Å². The molecule has 0 aliphatic rings. The van der Waals surface area contributed by atoms with Crippen molar-refractivity contribution in [1.29, 1.82) is 0 Å². The Kier molecular flexibility index (Phi) is 6.83. The number of fused-ring (bicyclic) bond motifs is 1. The van der Waals surface area contributed by atoms with Crippen LogP contribution in [0.3, 0.4) is 0 Å². The van der Waals surface area contributed by atoms with E-state index >= 15 is 0 Å². The maximum absolute atomic E-state index is 12.2. The number of benzene rings is 3. The fourth-order valence-corrected chi connectivity index (χ4v) is 5.11. The predicted molar refractivity (Wildman–Crippen MR) is 118 cm³/mol. The molecule has 3 rings (SSSR count). The molecule has 0 aliphatic carbocycles. The standard InChI is InChI=1S/C18H17N3O9S3/c19-15-8-9-16(14-2-1-3-17(18(14)15)32(24,25)26)21-20-12-4-6-13(7-5-12)31(22,23)11-10-30-33(27,28)29/h1-9H,10-11,19H2,(H,24,25,26)(H,27,28,29)/b21-20+. The minimum atomic E-state index is -4.75. The Labute approximate surface area is 189 Å². The number of hydrogen-bond donors (Lipinski definition) is 3. The summed E-state index contributed by atoms with van der Waals surface area (Å²) in [6.07, 6.45) is 0. The summed E-state index contributed by atoms with van der Waals surface area (Å²) in [5, 5.41) is 8.49. The zero-order chi connectivity index (χ0) is 24.4. The minimum absolute atomic E-state index is 0.0880. The zero-order valence-electron chi connectivity index (χ0n) is 16.6. The van der Waals surface area contributed by atoms with Gasteiger partial charge in [0.25, 0.3) is 10.1 Å². The van der Waals surface area contributed by atoms with Crippen LogP contribution in [0.5, 0.6) is 0 Å². The van der Waals surface area contributed by atoms with Gasteiger partial charge < -0.3 is 5.73 Å². The van der Waals surface area contributed by atoms with E-state index in [1.54, 1.807) is 6.07 Å². The molecule has 0 saturated heterocycles. The molecule has 15 heteroatoms. The molecule has 4 N–H and O–H groups in total. The smallest absolute Gasteiger partial charge is 0.397 e. The monoisotopic (exact) mass is 515 g/mol. The average molecular weight is 516 g/mol. The first-order valence-corrected chi connectivity index (χ1v) is 13.4. The molecule has 33 heavy (non-hydrogen) atoms. The van der Waals surface area contributed by atoms with Gasteiger partial charge in [-0.15, -0.1) is 5.11 Å². The second kappa shape index (κ2) is 9.12. The number of anilines is 1. The molecule has 0 atom stereocenters. The van der Waals surface area contributed by atoms with Crippen LogP contribution in [-0.2, 0) is 34.5 Å². The maximum Gasteiger partial charge on any atom is 0.397 e. The second-order valence-corrected chi connectivity index (χ2v) is 11.2. The summed E-state index contributed by atoms with van der Waals surface area (Å²) < 4.78 is 90.8. The summed E-state index contributed by atoms with van der Waals surface area (Å²) in [6.45, 7) is -0.752. The molecule has 0 radical (unpaired) electrons. The highest BCUT2D eigenvalue weighted by atomic mass is 32.3. The average Bonchev–Trinajstić information content (AvgIpc) is 2.71. The van der Waals surface area contributed by atoms with Gasteiger partial charge in [0.1, 0.15) is 4.90 Å². The number of hydrogen-bond acceptors (Lipinski definition) is 10. The van der Waals surface area contributed by atoms with Crippen LogP contribution in [0, 0.1) is 0 Å². The number of nitrogens with zero attached hydrogens (tertiary/aromatic N) is 2. The number of azo groups is 1. The van der Waals surface area contributed by atoms with Gasteiger partial charge in [0.05, 0.1) is 28.6 Å². The van der Waals surface area contributed by atoms with Crippen molar-refractivity contribution in [3.8, 4) is 0 Å². The van der Waals surface area contributed by atoms with Gasteiger partial charge in [-0.05, 0) is 42.5 Å². The van der Waals surface area contributed by atoms with Crippen LogP contribution in [0.15, 0.2) is 74.6 Å². The number of nitrogens with two attached hydrogens (primary N) is 1. The van der Waals surface area contributed by atoms with Crippen LogP contribution in [0.4, 0.5) is 17.1 Å². The van der Waals surface area contributed by atoms with Gasteiger partial charge in [-0.3, -0.25) is 9.11 Å². The van der Waals surface area contributed by atoms with Crippen molar-refractivity contribution in [2.45, 2.75) is 9.79 Å². The van der Waals surface area contributed by atoms with E-state index in [-0.39, 0.29) is 32.2 Å². The van der Waals surface area contributed by atoms with Crippen molar-refractivity contribution < 1.29 is 38.5 Å². The van der Waals surface area contributed by atoms with Gasteiger partial charge in [0, 0.05) is 16.5 Å². The number of nitrogen functional groups attached to an aromatic ring is 1. The lowest BCUT2D eigenvalue weighted by Gasteiger charge is -2.08. The van der Waals surface area contributed by atoms with Crippen LogP contribution in [0.2, 0.25) is 0 Å². The van der Waals surface area contributed by atoms with Gasteiger partial charge in [0.15, 0.2) is 9.84 Å². The Morgan fingerprint density at radius 2 is 1.52 bits per heavy atom. The first-order valence-electron chi connectivity index (χ1n) is 8.93. The highest BCUT2D eigenvalue weighted by Crippen LogP contribution is 2.35. The molecule has 176 valence electrons. The van der Waals surface area contributed by atoms with E-state index in [0.717, 1.165) is 0 Å². The Bertz CT molecular complexity index is 1550. The third kappa shape index (κ3) is 6.10. The molecule has 3 aromatic carbocycles. The molecule has 0 aromatic heterocycles. The fraction of sp³-hybridized carbons (Fsp3) is 0.111. The van der Waals surface area contributed by atoms with Gasteiger partial charge in [-0.1, -0.05) is 12.1 Å². The minimum Gasteiger partial charge on any atom is -0.398 e. The van der Waals surface area contributed by atoms with Gasteiger partial charge in [-0.2, -0.15) is 21.9 Å². The van der Waals surface area contributed by atoms with Crippen molar-refractivity contribution in [2.24, 2.45) is 10.2 Å². The van der Waals surface area contributed by atoms with Crippen LogP contribution < -0.4 is 5.73 Å². The maximum atomic E-state index is 12.2. The SMILES string of the molecule is Nc1ccc(/N=N/c2ccc(S(=O)(=O)CCOS(=O)(=O)O)cc2)c2cccc(S(=O)(=O)O)c12. The van der Waals surface area contributed by atoms with E-state index in [4.69, 9.17) is 10.3 Å². The number of rotatable bonds is 8. The van der Waals surface area contributed by atoms with E-state index in [1.807, 2.05) is 0 Å². The third-order valence-corrected chi connectivity index (χ3v) is 7.40. The van der Waals surface area contributed by atoms with Gasteiger partial charge in [0.2, 0.25) is 0 Å². The largest absolute Gasteiger partial charge is 0.398 e. The van der Waals surface area contributed by atoms with E-state index in [2.05, 4.69) is 14.4 Å². The second-order valence-electron chi connectivity index (χ2n) is 6.59. The van der Waals surface area contributed by atoms with Crippen LogP contribution >= 0.6 is 0 Å². The van der Waals surface area contributed by atoms with Crippen molar-refractivity contribution in [3.63, 3.8) is 0 Å². The first kappa shape index (κ1) is 24.7. The van der Waals surface area contributed by atoms with Crippen LogP contribution in [0.25, 0.3) is 10.8 Å². The van der Waals surface area contributed by atoms with Crippen molar-refractivity contribution in [3.05, 3.63) is 54.6 Å². The van der Waals surface area contributed by atoms with Crippen molar-refractivity contribution in [2.75, 3.05) is 18.1 Å². The molecule has 0 saturated carbocycles. The Hall–Kier alpha value is -2.95. The summed E-state index contributed by atoms with van der Waals surface area (Å²) >= 11 is 0. The topological polar surface area (TPSA) is 203 Å². The molecule has 0 unspecified atom stereocenters. The molecule has 0 heterocycles. The highest BCUT2D eigenvalue weighted by Gasteiger charge is 2.18. The van der Waals surface area contributed by atoms with Crippen LogP contribution in [0.1, 0.15) is 0 Å². The summed E-state index contributed by atoms with van der Waals surface area (Å²) in [6, 6.07) is 12.2. The number of sulfone groups is 1. The predicted octanol–water partition coefficient (Wildman–Crippen LogP) is 2.68. The first-order chi connectivity index (χ1) is 15.3. The Morgan fingerprint density at radius 3 is 2.12 bits per heavy atom. The lowest BCUT2D eigenvalue weighted by atomic mass is 10.1. The lowest BCUT2D eigenvalue weighted by molar-refractivity contribution is 0.284. The van der Waals surface area contributed by atoms with E-state index < -0.39 is 42.7 Å². The van der Waals surface area contributed by atoms with Gasteiger partial charge in [-0.25, -0.2) is 12.6 Å². The quantitative estimate of drug-likeness (QED) is 0.227. The van der Waals surface area contributed by atoms with Crippen molar-refractivity contribution >= 4 is 58.2 Å². The lowest BCUT2D eigenvalue weighted by Crippen LogP contribution is -2.15. The molecule has 0 fully saturated rings. The van der Waals surface area contributed by atoms with E-state index in [0.29, 0.717) is 5.39 Å². The molecule has 0 aliphatic heterocycles. The summed E-state index contributed by atoms with van der Waals surface area (Å²) in [7, 11) is -13.2. The fourth-order valence-electron chi connectivity index (χ4n) is 2.88. The van der Waals surface area contributed by atoms with Gasteiger partial charge >= 0.3 is 10.4 Å².